The van der Waals surface area contributed by atoms with Gasteiger partial charge in [-0.25, -0.2) is 5.43 Å². The van der Waals surface area contributed by atoms with Crippen molar-refractivity contribution in [2.24, 2.45) is 5.10 Å². The molecule has 2 aromatic rings. The van der Waals surface area contributed by atoms with E-state index < -0.39 is 0 Å². The number of nitrogens with zero attached hydrogens (tertiary/aromatic N) is 1. The smallest absolute Gasteiger partial charge is 0.277 e. The van der Waals surface area contributed by atoms with E-state index >= 15 is 0 Å². The quantitative estimate of drug-likeness (QED) is 0.642. The topological polar surface area (TPSA) is 50.7 Å². The highest BCUT2D eigenvalue weighted by Crippen LogP contribution is 2.17. The summed E-state index contributed by atoms with van der Waals surface area (Å²) in [4.78, 5) is 12.4. The first kappa shape index (κ1) is 15.0. The lowest BCUT2D eigenvalue weighted by Crippen LogP contribution is -2.24. The number of carbonyl (C=O) groups excluding carboxylic acids is 1. The molecule has 0 spiro atoms. The van der Waals surface area contributed by atoms with Gasteiger partial charge in [0.15, 0.2) is 6.61 Å². The van der Waals surface area contributed by atoms with E-state index in [1.165, 1.54) is 11.3 Å². The summed E-state index contributed by atoms with van der Waals surface area (Å²) in [6.45, 7) is -0.104. The summed E-state index contributed by atoms with van der Waals surface area (Å²) in [6, 6.07) is 8.69. The largest absolute Gasteiger partial charge is 0.484 e. The number of ether oxygens (including phenoxy) is 1. The number of rotatable bonds is 5. The van der Waals surface area contributed by atoms with Crippen molar-refractivity contribution in [2.45, 2.75) is 0 Å². The van der Waals surface area contributed by atoms with Crippen LogP contribution >= 0.6 is 38.9 Å². The van der Waals surface area contributed by atoms with E-state index in [9.17, 15) is 4.79 Å². The van der Waals surface area contributed by atoms with E-state index in [-0.39, 0.29) is 12.5 Å². The Hall–Kier alpha value is -1.37. The van der Waals surface area contributed by atoms with Gasteiger partial charge in [0.1, 0.15) is 5.75 Å². The van der Waals surface area contributed by atoms with Gasteiger partial charge in [-0.1, -0.05) is 11.6 Å². The average molecular weight is 374 g/mol. The highest BCUT2D eigenvalue weighted by Gasteiger charge is 2.01. The number of carbonyl (C=O) groups is 1. The van der Waals surface area contributed by atoms with Crippen molar-refractivity contribution < 1.29 is 9.53 Å². The third-order valence-corrected chi connectivity index (χ3v) is 4.03. The second-order valence-electron chi connectivity index (χ2n) is 3.70. The van der Waals surface area contributed by atoms with Gasteiger partial charge in [-0.2, -0.15) is 5.10 Å². The molecule has 4 nitrogen and oxygen atoms in total. The van der Waals surface area contributed by atoms with Gasteiger partial charge in [-0.3, -0.25) is 4.79 Å². The van der Waals surface area contributed by atoms with Crippen molar-refractivity contribution in [3.63, 3.8) is 0 Å². The normalized spacial score (nSPS) is 10.7. The van der Waals surface area contributed by atoms with Crippen molar-refractivity contribution in [1.82, 2.24) is 5.43 Å². The minimum Gasteiger partial charge on any atom is -0.484 e. The lowest BCUT2D eigenvalue weighted by molar-refractivity contribution is -0.123. The molecule has 20 heavy (non-hydrogen) atoms. The van der Waals surface area contributed by atoms with Crippen LogP contribution in [0.1, 0.15) is 4.88 Å². The molecule has 0 atom stereocenters. The SMILES string of the molecule is O=C(COc1ccc(Cl)cc1)N/N=C\c1cc(Br)cs1. The molecule has 1 amide bonds. The molecular weight excluding hydrogens is 364 g/mol. The zero-order valence-electron chi connectivity index (χ0n) is 10.2. The number of halogens is 2. The molecule has 0 fully saturated rings. The average Bonchev–Trinajstić information content (AvgIpc) is 2.84. The van der Waals surface area contributed by atoms with E-state index in [4.69, 9.17) is 16.3 Å². The fourth-order valence-corrected chi connectivity index (χ4v) is 2.71. The fourth-order valence-electron chi connectivity index (χ4n) is 1.28. The van der Waals surface area contributed by atoms with Crippen LogP contribution < -0.4 is 10.2 Å². The second-order valence-corrected chi connectivity index (χ2v) is 6.00. The number of hydrogen-bond donors (Lipinski definition) is 1. The van der Waals surface area contributed by atoms with Gasteiger partial charge in [-0.15, -0.1) is 11.3 Å². The fraction of sp³-hybridized carbons (Fsp3) is 0.0769. The van der Waals surface area contributed by atoms with Crippen LogP contribution in [0.2, 0.25) is 5.02 Å². The number of nitrogens with one attached hydrogen (secondary N) is 1. The molecule has 0 aliphatic heterocycles. The Morgan fingerprint density at radius 1 is 1.45 bits per heavy atom. The van der Waals surface area contributed by atoms with Gasteiger partial charge in [0.25, 0.3) is 5.91 Å². The second kappa shape index (κ2) is 7.42. The summed E-state index contributed by atoms with van der Waals surface area (Å²) in [7, 11) is 0. The van der Waals surface area contributed by atoms with E-state index in [2.05, 4.69) is 26.5 Å². The molecule has 1 heterocycles. The Labute approximate surface area is 133 Å². The Bertz CT molecular complexity index is 613. The summed E-state index contributed by atoms with van der Waals surface area (Å²) < 4.78 is 6.27. The van der Waals surface area contributed by atoms with Crippen LogP contribution in [0.25, 0.3) is 0 Å². The zero-order valence-corrected chi connectivity index (χ0v) is 13.3. The molecule has 0 saturated carbocycles. The maximum atomic E-state index is 11.5. The molecular formula is C13H10BrClN2O2S. The minimum atomic E-state index is -0.327. The van der Waals surface area contributed by atoms with Gasteiger partial charge in [0.2, 0.25) is 0 Å². The van der Waals surface area contributed by atoms with Gasteiger partial charge in [0.05, 0.1) is 6.21 Å². The Kier molecular flexibility index (Phi) is 5.58. The highest BCUT2D eigenvalue weighted by molar-refractivity contribution is 9.10. The maximum Gasteiger partial charge on any atom is 0.277 e. The van der Waals surface area contributed by atoms with Crippen LogP contribution in [0.5, 0.6) is 5.75 Å². The van der Waals surface area contributed by atoms with E-state index in [1.807, 2.05) is 11.4 Å². The number of hydrogen-bond acceptors (Lipinski definition) is 4. The lowest BCUT2D eigenvalue weighted by atomic mass is 10.3. The van der Waals surface area contributed by atoms with E-state index in [1.54, 1.807) is 30.5 Å². The first-order chi connectivity index (χ1) is 9.63. The molecule has 1 N–H and O–H groups in total. The van der Waals surface area contributed by atoms with Crippen LogP contribution in [-0.4, -0.2) is 18.7 Å². The third kappa shape index (κ3) is 4.96. The van der Waals surface area contributed by atoms with Crippen molar-refractivity contribution >= 4 is 51.0 Å². The van der Waals surface area contributed by atoms with Gasteiger partial charge in [-0.05, 0) is 46.3 Å². The predicted octanol–water partition coefficient (Wildman–Crippen LogP) is 3.69. The number of benzene rings is 1. The summed E-state index contributed by atoms with van der Waals surface area (Å²) in [5, 5.41) is 6.40. The van der Waals surface area contributed by atoms with Crippen LogP contribution in [0.15, 0.2) is 45.3 Å². The first-order valence-electron chi connectivity index (χ1n) is 5.58. The monoisotopic (exact) mass is 372 g/mol. The molecule has 2 rings (SSSR count). The molecule has 1 aromatic carbocycles. The molecule has 1 aromatic heterocycles. The van der Waals surface area contributed by atoms with Crippen molar-refractivity contribution in [1.29, 1.82) is 0 Å². The lowest BCUT2D eigenvalue weighted by Gasteiger charge is -2.04. The molecule has 0 saturated heterocycles. The van der Waals surface area contributed by atoms with Crippen molar-refractivity contribution in [3.8, 4) is 5.75 Å². The van der Waals surface area contributed by atoms with Gasteiger partial charge in [0, 0.05) is 19.8 Å². The van der Waals surface area contributed by atoms with Crippen molar-refractivity contribution in [2.75, 3.05) is 6.61 Å². The van der Waals surface area contributed by atoms with Gasteiger partial charge >= 0.3 is 0 Å². The molecule has 0 radical (unpaired) electrons. The van der Waals surface area contributed by atoms with Gasteiger partial charge < -0.3 is 4.74 Å². The van der Waals surface area contributed by atoms with Crippen LogP contribution in [0.3, 0.4) is 0 Å². The summed E-state index contributed by atoms with van der Waals surface area (Å²) in [5.74, 6) is 0.252. The first-order valence-corrected chi connectivity index (χ1v) is 7.63. The molecule has 0 aliphatic carbocycles. The highest BCUT2D eigenvalue weighted by atomic mass is 79.9. The Balaban J connectivity index is 1.75. The number of amides is 1. The third-order valence-electron chi connectivity index (χ3n) is 2.15. The molecule has 7 heteroatoms. The molecule has 0 unspecified atom stereocenters. The molecule has 104 valence electrons. The number of hydrazone groups is 1. The minimum absolute atomic E-state index is 0.104. The maximum absolute atomic E-state index is 11.5. The standard InChI is InChI=1S/C13H10BrClN2O2S/c14-9-5-12(20-8-9)6-16-17-13(18)7-19-11-3-1-10(15)2-4-11/h1-6,8H,7H2,(H,17,18)/b16-6-. The molecule has 0 aliphatic rings. The van der Waals surface area contributed by atoms with Crippen LogP contribution in [-0.2, 0) is 4.79 Å². The summed E-state index contributed by atoms with van der Waals surface area (Å²) in [6.07, 6.45) is 1.58. The molecule has 0 bridgehead atoms. The Morgan fingerprint density at radius 3 is 2.85 bits per heavy atom. The summed E-state index contributed by atoms with van der Waals surface area (Å²) in [5.41, 5.74) is 2.39. The van der Waals surface area contributed by atoms with E-state index in [0.717, 1.165) is 9.35 Å². The number of thiophene rings is 1. The Morgan fingerprint density at radius 2 is 2.20 bits per heavy atom. The summed E-state index contributed by atoms with van der Waals surface area (Å²) >= 11 is 10.6. The zero-order chi connectivity index (χ0) is 14.4. The van der Waals surface area contributed by atoms with E-state index in [0.29, 0.717) is 10.8 Å². The van der Waals surface area contributed by atoms with Crippen LogP contribution in [0.4, 0.5) is 0 Å². The van der Waals surface area contributed by atoms with Crippen LogP contribution in [0, 0.1) is 0 Å². The van der Waals surface area contributed by atoms with Crippen molar-refractivity contribution in [3.05, 3.63) is 50.1 Å². The predicted molar refractivity (Wildman–Crippen MR) is 84.7 cm³/mol.